The fraction of sp³-hybridized carbons (Fsp3) is 0.176. The van der Waals surface area contributed by atoms with E-state index in [9.17, 15) is 19.5 Å². The van der Waals surface area contributed by atoms with Crippen LogP contribution in [0.3, 0.4) is 0 Å². The van der Waals surface area contributed by atoms with Crippen molar-refractivity contribution in [1.82, 2.24) is 10.2 Å². The Labute approximate surface area is 154 Å². The second-order valence-electron chi connectivity index (χ2n) is 5.09. The number of carboxylic acids is 1. The Morgan fingerprint density at radius 3 is 2.58 bits per heavy atom. The number of hydrogen-bond acceptors (Lipinski definition) is 6. The normalized spacial score (nSPS) is 15.7. The highest BCUT2D eigenvalue weighted by molar-refractivity contribution is 7.80. The molecule has 0 aliphatic carbocycles. The van der Waals surface area contributed by atoms with Gasteiger partial charge in [-0.15, -0.1) is 6.58 Å². The van der Waals surface area contributed by atoms with Gasteiger partial charge in [-0.3, -0.25) is 19.8 Å². The van der Waals surface area contributed by atoms with Crippen molar-refractivity contribution >= 4 is 41.2 Å². The third kappa shape index (κ3) is 3.42. The topological polar surface area (TPSA) is 105 Å². The molecule has 2 N–H and O–H groups in total. The highest BCUT2D eigenvalue weighted by Crippen LogP contribution is 2.34. The molecule has 1 heterocycles. The average molecular weight is 376 g/mol. The van der Waals surface area contributed by atoms with Crippen molar-refractivity contribution in [1.29, 1.82) is 0 Å². The molecule has 1 fully saturated rings. The Bertz CT molecular complexity index is 846. The van der Waals surface area contributed by atoms with Crippen molar-refractivity contribution in [3.05, 3.63) is 41.5 Å². The molecule has 0 saturated carbocycles. The molecule has 0 unspecified atom stereocenters. The van der Waals surface area contributed by atoms with Gasteiger partial charge in [-0.1, -0.05) is 12.1 Å². The highest BCUT2D eigenvalue weighted by atomic mass is 32.1. The van der Waals surface area contributed by atoms with Crippen LogP contribution in [0.2, 0.25) is 0 Å². The number of ether oxygens (including phenoxy) is 2. The number of benzene rings is 1. The summed E-state index contributed by atoms with van der Waals surface area (Å²) in [5.74, 6) is -2.47. The largest absolute Gasteiger partial charge is 0.493 e. The number of carbonyl (C=O) groups excluding carboxylic acids is 2. The van der Waals surface area contributed by atoms with E-state index in [1.54, 1.807) is 0 Å². The SMILES string of the molecule is C=CCN1C(=O)C(=Cc2ccc(OC)c(OC)c2C(=O)O)C(=O)NC1=S. The molecular weight excluding hydrogens is 360 g/mol. The maximum Gasteiger partial charge on any atom is 0.340 e. The highest BCUT2D eigenvalue weighted by Gasteiger charge is 2.33. The Balaban J connectivity index is 2.62. The van der Waals surface area contributed by atoms with Crippen molar-refractivity contribution in [2.45, 2.75) is 0 Å². The molecule has 0 atom stereocenters. The molecule has 1 aromatic carbocycles. The van der Waals surface area contributed by atoms with Crippen LogP contribution in [-0.2, 0) is 9.59 Å². The smallest absolute Gasteiger partial charge is 0.340 e. The zero-order chi connectivity index (χ0) is 19.4. The van der Waals surface area contributed by atoms with Crippen molar-refractivity contribution in [2.75, 3.05) is 20.8 Å². The van der Waals surface area contributed by atoms with Gasteiger partial charge in [-0.2, -0.15) is 0 Å². The number of carbonyl (C=O) groups is 3. The maximum absolute atomic E-state index is 12.6. The summed E-state index contributed by atoms with van der Waals surface area (Å²) in [4.78, 5) is 37.6. The van der Waals surface area contributed by atoms with Crippen LogP contribution < -0.4 is 14.8 Å². The van der Waals surface area contributed by atoms with Gasteiger partial charge in [-0.05, 0) is 29.9 Å². The summed E-state index contributed by atoms with van der Waals surface area (Å²) >= 11 is 4.97. The molecule has 0 spiro atoms. The van der Waals surface area contributed by atoms with Crippen LogP contribution in [0.15, 0.2) is 30.4 Å². The molecule has 0 aromatic heterocycles. The van der Waals surface area contributed by atoms with Crippen molar-refractivity contribution in [3.63, 3.8) is 0 Å². The van der Waals surface area contributed by atoms with E-state index in [0.29, 0.717) is 0 Å². The zero-order valence-electron chi connectivity index (χ0n) is 14.1. The molecule has 26 heavy (non-hydrogen) atoms. The first-order valence-electron chi connectivity index (χ1n) is 7.33. The van der Waals surface area contributed by atoms with Gasteiger partial charge in [0.2, 0.25) is 0 Å². The number of carboxylic acid groups (broad SMARTS) is 1. The minimum atomic E-state index is -1.30. The summed E-state index contributed by atoms with van der Waals surface area (Å²) < 4.78 is 10.2. The van der Waals surface area contributed by atoms with Crippen LogP contribution in [0.25, 0.3) is 6.08 Å². The first-order chi connectivity index (χ1) is 12.3. The number of thiocarbonyl (C=S) groups is 1. The molecule has 0 bridgehead atoms. The zero-order valence-corrected chi connectivity index (χ0v) is 14.9. The number of amides is 2. The first kappa shape index (κ1) is 19.1. The first-order valence-corrected chi connectivity index (χ1v) is 7.74. The van der Waals surface area contributed by atoms with Gasteiger partial charge >= 0.3 is 5.97 Å². The summed E-state index contributed by atoms with van der Waals surface area (Å²) in [6.07, 6.45) is 2.64. The summed E-state index contributed by atoms with van der Waals surface area (Å²) in [6.45, 7) is 3.64. The lowest BCUT2D eigenvalue weighted by molar-refractivity contribution is -0.128. The molecule has 9 heteroatoms. The molecule has 2 amide bonds. The van der Waals surface area contributed by atoms with Crippen molar-refractivity contribution in [2.24, 2.45) is 0 Å². The predicted molar refractivity (Wildman–Crippen MR) is 97.1 cm³/mol. The molecule has 1 aromatic rings. The Kier molecular flexibility index (Phi) is 5.73. The Hall–Kier alpha value is -3.20. The lowest BCUT2D eigenvalue weighted by Gasteiger charge is -2.27. The molecular formula is C17H16N2O6S. The van der Waals surface area contributed by atoms with Gasteiger partial charge in [0, 0.05) is 6.54 Å². The molecule has 0 radical (unpaired) electrons. The van der Waals surface area contributed by atoms with Crippen LogP contribution >= 0.6 is 12.2 Å². The fourth-order valence-electron chi connectivity index (χ4n) is 2.43. The number of rotatable bonds is 6. The monoisotopic (exact) mass is 376 g/mol. The van der Waals surface area contributed by atoms with Gasteiger partial charge in [-0.25, -0.2) is 4.79 Å². The van der Waals surface area contributed by atoms with Gasteiger partial charge in [0.05, 0.1) is 14.2 Å². The minimum Gasteiger partial charge on any atom is -0.493 e. The molecule has 136 valence electrons. The summed E-state index contributed by atoms with van der Waals surface area (Å²) in [5.41, 5.74) is -0.376. The minimum absolute atomic E-state index is 0.0171. The van der Waals surface area contributed by atoms with Crippen LogP contribution in [0.5, 0.6) is 11.5 Å². The lowest BCUT2D eigenvalue weighted by atomic mass is 10.0. The number of hydrogen-bond donors (Lipinski definition) is 2. The van der Waals surface area contributed by atoms with Crippen LogP contribution in [0.1, 0.15) is 15.9 Å². The van der Waals surface area contributed by atoms with Crippen LogP contribution in [0, 0.1) is 0 Å². The molecule has 1 saturated heterocycles. The maximum atomic E-state index is 12.6. The molecule has 8 nitrogen and oxygen atoms in total. The van der Waals surface area contributed by atoms with E-state index < -0.39 is 17.8 Å². The fourth-order valence-corrected chi connectivity index (χ4v) is 2.68. The van der Waals surface area contributed by atoms with E-state index in [1.165, 1.54) is 38.5 Å². The van der Waals surface area contributed by atoms with Gasteiger partial charge in [0.1, 0.15) is 11.1 Å². The van der Waals surface area contributed by atoms with Crippen molar-refractivity contribution < 1.29 is 29.0 Å². The third-order valence-corrected chi connectivity index (χ3v) is 3.91. The number of methoxy groups -OCH3 is 2. The second kappa shape index (κ2) is 7.79. The Morgan fingerprint density at radius 1 is 1.35 bits per heavy atom. The third-order valence-electron chi connectivity index (χ3n) is 3.59. The van der Waals surface area contributed by atoms with E-state index in [4.69, 9.17) is 21.7 Å². The summed E-state index contributed by atoms with van der Waals surface area (Å²) in [7, 11) is 2.66. The lowest BCUT2D eigenvalue weighted by Crippen LogP contribution is -2.53. The number of nitrogens with zero attached hydrogens (tertiary/aromatic N) is 1. The molecule has 1 aliphatic heterocycles. The van der Waals surface area contributed by atoms with E-state index in [1.807, 2.05) is 0 Å². The second-order valence-corrected chi connectivity index (χ2v) is 5.48. The van der Waals surface area contributed by atoms with Crippen LogP contribution in [0.4, 0.5) is 0 Å². The van der Waals surface area contributed by atoms with E-state index in [-0.39, 0.29) is 39.9 Å². The number of nitrogens with one attached hydrogen (secondary N) is 1. The van der Waals surface area contributed by atoms with E-state index in [0.717, 1.165) is 4.90 Å². The molecule has 2 rings (SSSR count). The van der Waals surface area contributed by atoms with Gasteiger partial charge in [0.25, 0.3) is 11.8 Å². The predicted octanol–water partition coefficient (Wildman–Crippen LogP) is 1.21. The van der Waals surface area contributed by atoms with Gasteiger partial charge < -0.3 is 14.6 Å². The number of aromatic carboxylic acids is 1. The Morgan fingerprint density at radius 2 is 2.04 bits per heavy atom. The summed E-state index contributed by atoms with van der Waals surface area (Å²) in [6, 6.07) is 2.90. The van der Waals surface area contributed by atoms with E-state index in [2.05, 4.69) is 11.9 Å². The standard InChI is InChI=1S/C17H16N2O6S/c1-4-7-19-15(21)10(14(20)18-17(19)26)8-9-5-6-11(24-2)13(25-3)12(9)16(22)23/h4-6,8H,1,7H2,2-3H3,(H,22,23)(H,18,20,26). The summed E-state index contributed by atoms with van der Waals surface area (Å²) in [5, 5.41) is 11.9. The van der Waals surface area contributed by atoms with Crippen LogP contribution in [-0.4, -0.2) is 53.7 Å². The van der Waals surface area contributed by atoms with E-state index >= 15 is 0 Å². The quantitative estimate of drug-likeness (QED) is 0.333. The average Bonchev–Trinajstić information content (AvgIpc) is 2.61. The van der Waals surface area contributed by atoms with Crippen molar-refractivity contribution in [3.8, 4) is 11.5 Å². The van der Waals surface area contributed by atoms with Gasteiger partial charge in [0.15, 0.2) is 16.6 Å². The molecule has 1 aliphatic rings.